The molecule has 0 fully saturated rings. The monoisotopic (exact) mass is 288 g/mol. The molecule has 1 aromatic heterocycles. The Hall–Kier alpha value is -1.19. The molecular weight excluding hydrogens is 264 g/mol. The van der Waals surface area contributed by atoms with Crippen LogP contribution in [0.4, 0.5) is 0 Å². The molecule has 0 aliphatic carbocycles. The molecule has 0 saturated heterocycles. The molecule has 2 rings (SSSR count). The lowest BCUT2D eigenvalue weighted by atomic mass is 9.93. The van der Waals surface area contributed by atoms with Crippen LogP contribution in [0.5, 0.6) is 0 Å². The molecule has 108 valence electrons. The zero-order chi connectivity index (χ0) is 14.8. The van der Waals surface area contributed by atoms with Gasteiger partial charge in [-0.05, 0) is 25.1 Å². The van der Waals surface area contributed by atoms with Gasteiger partial charge in [-0.1, -0.05) is 45.0 Å². The Bertz CT molecular complexity index is 549. The Morgan fingerprint density at radius 1 is 1.20 bits per heavy atom. The summed E-state index contributed by atoms with van der Waals surface area (Å²) in [6.45, 7) is 8.80. The third-order valence-electron chi connectivity index (χ3n) is 3.59. The molecule has 1 aromatic carbocycles. The van der Waals surface area contributed by atoms with Crippen molar-refractivity contribution in [1.82, 2.24) is 10.3 Å². The second-order valence-electron chi connectivity index (χ2n) is 6.31. The van der Waals surface area contributed by atoms with Crippen molar-refractivity contribution < 1.29 is 0 Å². The maximum absolute atomic E-state index is 4.76. The van der Waals surface area contributed by atoms with Gasteiger partial charge < -0.3 is 5.32 Å². The van der Waals surface area contributed by atoms with E-state index in [2.05, 4.69) is 62.7 Å². The Balaban J connectivity index is 2.08. The van der Waals surface area contributed by atoms with Crippen LogP contribution >= 0.6 is 11.3 Å². The van der Waals surface area contributed by atoms with Crippen LogP contribution in [0, 0.1) is 0 Å². The minimum absolute atomic E-state index is 0.140. The Labute approximate surface area is 126 Å². The van der Waals surface area contributed by atoms with E-state index in [-0.39, 0.29) is 5.41 Å². The van der Waals surface area contributed by atoms with E-state index in [0.29, 0.717) is 6.04 Å². The van der Waals surface area contributed by atoms with Gasteiger partial charge in [0.2, 0.25) is 0 Å². The van der Waals surface area contributed by atoms with Crippen molar-refractivity contribution in [3.63, 3.8) is 0 Å². The molecule has 0 bridgehead atoms. The predicted molar refractivity (Wildman–Crippen MR) is 87.5 cm³/mol. The van der Waals surface area contributed by atoms with Crippen LogP contribution in [-0.4, -0.2) is 12.0 Å². The molecule has 1 N–H and O–H groups in total. The molecule has 0 spiro atoms. The second kappa shape index (κ2) is 6.06. The SMILES string of the molecule is CNC(C)c1ccc(Cc2nc(C(C)(C)C)cs2)cc1. The summed E-state index contributed by atoms with van der Waals surface area (Å²) < 4.78 is 0. The van der Waals surface area contributed by atoms with Gasteiger partial charge in [-0.3, -0.25) is 0 Å². The van der Waals surface area contributed by atoms with Crippen molar-refractivity contribution in [3.8, 4) is 0 Å². The predicted octanol–water partition coefficient (Wildman–Crippen LogP) is 4.31. The molecule has 2 aromatic rings. The zero-order valence-electron chi connectivity index (χ0n) is 13.0. The van der Waals surface area contributed by atoms with Crippen LogP contribution in [0.2, 0.25) is 0 Å². The lowest BCUT2D eigenvalue weighted by molar-refractivity contribution is 0.571. The zero-order valence-corrected chi connectivity index (χ0v) is 13.8. The van der Waals surface area contributed by atoms with Crippen LogP contribution in [0.1, 0.15) is 55.6 Å². The lowest BCUT2D eigenvalue weighted by Crippen LogP contribution is -2.12. The fraction of sp³-hybridized carbons (Fsp3) is 0.471. The molecule has 0 aliphatic rings. The average Bonchev–Trinajstić information content (AvgIpc) is 2.87. The number of rotatable bonds is 4. The van der Waals surface area contributed by atoms with E-state index in [9.17, 15) is 0 Å². The van der Waals surface area contributed by atoms with Crippen molar-refractivity contribution in [3.05, 3.63) is 51.5 Å². The van der Waals surface area contributed by atoms with Crippen molar-refractivity contribution >= 4 is 11.3 Å². The summed E-state index contributed by atoms with van der Waals surface area (Å²) in [6.07, 6.45) is 0.926. The number of nitrogens with one attached hydrogen (secondary N) is 1. The summed E-state index contributed by atoms with van der Waals surface area (Å²) in [5, 5.41) is 6.65. The summed E-state index contributed by atoms with van der Waals surface area (Å²) in [6, 6.07) is 9.23. The molecule has 0 aliphatic heterocycles. The van der Waals surface area contributed by atoms with Gasteiger partial charge in [0.05, 0.1) is 10.7 Å². The normalized spacial score (nSPS) is 13.4. The minimum atomic E-state index is 0.140. The second-order valence-corrected chi connectivity index (χ2v) is 7.25. The molecule has 20 heavy (non-hydrogen) atoms. The van der Waals surface area contributed by atoms with E-state index in [1.54, 1.807) is 11.3 Å². The van der Waals surface area contributed by atoms with E-state index in [1.165, 1.54) is 21.8 Å². The van der Waals surface area contributed by atoms with Gasteiger partial charge in [0.15, 0.2) is 0 Å². The number of thiazole rings is 1. The van der Waals surface area contributed by atoms with Crippen LogP contribution in [0.3, 0.4) is 0 Å². The Morgan fingerprint density at radius 2 is 1.85 bits per heavy atom. The van der Waals surface area contributed by atoms with Crippen LogP contribution in [-0.2, 0) is 11.8 Å². The van der Waals surface area contributed by atoms with Crippen LogP contribution in [0.15, 0.2) is 29.6 Å². The third kappa shape index (κ3) is 3.68. The van der Waals surface area contributed by atoms with Gasteiger partial charge in [-0.25, -0.2) is 4.98 Å². The Kier molecular flexibility index (Phi) is 4.61. The van der Waals surface area contributed by atoms with Crippen molar-refractivity contribution in [2.24, 2.45) is 0 Å². The smallest absolute Gasteiger partial charge is 0.0972 e. The van der Waals surface area contributed by atoms with E-state index in [4.69, 9.17) is 4.98 Å². The first-order valence-electron chi connectivity index (χ1n) is 7.11. The molecule has 0 radical (unpaired) electrons. The van der Waals surface area contributed by atoms with Crippen molar-refractivity contribution in [2.75, 3.05) is 7.05 Å². The number of benzene rings is 1. The first-order chi connectivity index (χ1) is 9.40. The Morgan fingerprint density at radius 3 is 2.35 bits per heavy atom. The number of hydrogen-bond acceptors (Lipinski definition) is 3. The van der Waals surface area contributed by atoms with Crippen molar-refractivity contribution in [1.29, 1.82) is 0 Å². The largest absolute Gasteiger partial charge is 0.313 e. The first-order valence-corrected chi connectivity index (χ1v) is 7.99. The highest BCUT2D eigenvalue weighted by atomic mass is 32.1. The van der Waals surface area contributed by atoms with Gasteiger partial charge in [0.1, 0.15) is 0 Å². The van der Waals surface area contributed by atoms with Gasteiger partial charge in [-0.15, -0.1) is 11.3 Å². The fourth-order valence-electron chi connectivity index (χ4n) is 2.00. The maximum Gasteiger partial charge on any atom is 0.0972 e. The number of nitrogens with zero attached hydrogens (tertiary/aromatic N) is 1. The summed E-state index contributed by atoms with van der Waals surface area (Å²) in [4.78, 5) is 4.76. The average molecular weight is 288 g/mol. The topological polar surface area (TPSA) is 24.9 Å². The molecule has 1 heterocycles. The quantitative estimate of drug-likeness (QED) is 0.906. The van der Waals surface area contributed by atoms with Crippen LogP contribution in [0.25, 0.3) is 0 Å². The molecule has 3 heteroatoms. The van der Waals surface area contributed by atoms with Gasteiger partial charge in [0.25, 0.3) is 0 Å². The van der Waals surface area contributed by atoms with E-state index in [1.807, 2.05) is 7.05 Å². The highest BCUT2D eigenvalue weighted by molar-refractivity contribution is 7.09. The first kappa shape index (κ1) is 15.2. The fourth-order valence-corrected chi connectivity index (χ4v) is 3.06. The van der Waals surface area contributed by atoms with E-state index < -0.39 is 0 Å². The molecule has 0 amide bonds. The van der Waals surface area contributed by atoms with E-state index >= 15 is 0 Å². The number of hydrogen-bond donors (Lipinski definition) is 1. The minimum Gasteiger partial charge on any atom is -0.313 e. The number of aromatic nitrogens is 1. The molecule has 0 saturated carbocycles. The maximum atomic E-state index is 4.76. The van der Waals surface area contributed by atoms with Gasteiger partial charge >= 0.3 is 0 Å². The van der Waals surface area contributed by atoms with Crippen molar-refractivity contribution in [2.45, 2.75) is 45.6 Å². The summed E-state index contributed by atoms with van der Waals surface area (Å²) in [7, 11) is 1.99. The molecule has 2 nitrogen and oxygen atoms in total. The summed E-state index contributed by atoms with van der Waals surface area (Å²) in [5.74, 6) is 0. The lowest BCUT2D eigenvalue weighted by Gasteiger charge is -2.14. The van der Waals surface area contributed by atoms with Gasteiger partial charge in [-0.2, -0.15) is 0 Å². The highest BCUT2D eigenvalue weighted by Gasteiger charge is 2.17. The third-order valence-corrected chi connectivity index (χ3v) is 4.44. The molecule has 1 atom stereocenters. The van der Waals surface area contributed by atoms with Crippen LogP contribution < -0.4 is 5.32 Å². The standard InChI is InChI=1S/C17H24N2S/c1-12(18-5)14-8-6-13(7-9-14)10-16-19-15(11-20-16)17(2,3)4/h6-9,11-12,18H,10H2,1-5H3. The highest BCUT2D eigenvalue weighted by Crippen LogP contribution is 2.25. The molecular formula is C17H24N2S. The van der Waals surface area contributed by atoms with Gasteiger partial charge in [0, 0.05) is 23.3 Å². The summed E-state index contributed by atoms with van der Waals surface area (Å²) >= 11 is 1.76. The van der Waals surface area contributed by atoms with E-state index in [0.717, 1.165) is 6.42 Å². The summed E-state index contributed by atoms with van der Waals surface area (Å²) in [5.41, 5.74) is 3.98. The molecule has 1 unspecified atom stereocenters.